The molecule has 2 aliphatic heterocycles. The Labute approximate surface area is 142 Å². The molecule has 3 rings (SSSR count). The van der Waals surface area contributed by atoms with Crippen LogP contribution in [0.1, 0.15) is 42.1 Å². The Balaban J connectivity index is 1.70. The molecule has 1 aromatic carbocycles. The molecule has 5 nitrogen and oxygen atoms in total. The van der Waals surface area contributed by atoms with Crippen LogP contribution in [0.4, 0.5) is 0 Å². The predicted octanol–water partition coefficient (Wildman–Crippen LogP) is 2.20. The van der Waals surface area contributed by atoms with Crippen LogP contribution in [0.15, 0.2) is 24.3 Å². The van der Waals surface area contributed by atoms with E-state index < -0.39 is 5.60 Å². The normalized spacial score (nSPS) is 28.4. The second kappa shape index (κ2) is 6.92. The number of hydrogen-bond donors (Lipinski definition) is 1. The van der Waals surface area contributed by atoms with Gasteiger partial charge < -0.3 is 14.7 Å². The van der Waals surface area contributed by atoms with E-state index in [4.69, 9.17) is 10.00 Å². The van der Waals surface area contributed by atoms with E-state index in [-0.39, 0.29) is 17.7 Å². The first-order chi connectivity index (χ1) is 11.5. The molecule has 24 heavy (non-hydrogen) atoms. The summed E-state index contributed by atoms with van der Waals surface area (Å²) in [5.41, 5.74) is 0.317. The highest BCUT2D eigenvalue weighted by Gasteiger charge is 2.46. The Morgan fingerprint density at radius 1 is 1.42 bits per heavy atom. The van der Waals surface area contributed by atoms with Gasteiger partial charge in [0.15, 0.2) is 0 Å². The van der Waals surface area contributed by atoms with E-state index in [1.807, 2.05) is 6.92 Å². The van der Waals surface area contributed by atoms with Gasteiger partial charge in [-0.25, -0.2) is 0 Å². The van der Waals surface area contributed by atoms with Gasteiger partial charge in [-0.05, 0) is 43.4 Å². The van der Waals surface area contributed by atoms with E-state index in [9.17, 15) is 9.90 Å². The molecule has 0 spiro atoms. The van der Waals surface area contributed by atoms with Crippen molar-refractivity contribution >= 4 is 5.91 Å². The van der Waals surface area contributed by atoms with Crippen LogP contribution >= 0.6 is 0 Å². The summed E-state index contributed by atoms with van der Waals surface area (Å²) in [6.07, 6.45) is 2.38. The number of carbonyl (C=O) groups is 1. The first kappa shape index (κ1) is 16.9. The number of benzene rings is 1. The van der Waals surface area contributed by atoms with Crippen molar-refractivity contribution in [3.05, 3.63) is 35.4 Å². The first-order valence-electron chi connectivity index (χ1n) is 8.64. The molecule has 128 valence electrons. The summed E-state index contributed by atoms with van der Waals surface area (Å²) >= 11 is 0. The molecule has 1 N–H and O–H groups in total. The van der Waals surface area contributed by atoms with Crippen LogP contribution in [-0.4, -0.2) is 47.8 Å². The molecule has 2 fully saturated rings. The Morgan fingerprint density at radius 2 is 2.17 bits per heavy atom. The van der Waals surface area contributed by atoms with Gasteiger partial charge in [0.25, 0.3) is 5.91 Å². The van der Waals surface area contributed by atoms with E-state index >= 15 is 0 Å². The number of amides is 1. The lowest BCUT2D eigenvalue weighted by Gasteiger charge is -2.48. The predicted molar refractivity (Wildman–Crippen MR) is 89.3 cm³/mol. The molecule has 0 aliphatic carbocycles. The number of rotatable bonds is 2. The highest BCUT2D eigenvalue weighted by molar-refractivity contribution is 5.94. The zero-order chi connectivity index (χ0) is 17.2. The van der Waals surface area contributed by atoms with Crippen LogP contribution in [0.5, 0.6) is 0 Å². The molecular weight excluding hydrogens is 304 g/mol. The van der Waals surface area contributed by atoms with Gasteiger partial charge in [0.2, 0.25) is 0 Å². The monoisotopic (exact) mass is 328 g/mol. The number of hydrogen-bond acceptors (Lipinski definition) is 4. The van der Waals surface area contributed by atoms with Crippen molar-refractivity contribution in [3.63, 3.8) is 0 Å². The molecule has 2 atom stereocenters. The molecule has 5 heteroatoms. The zero-order valence-corrected chi connectivity index (χ0v) is 14.1. The fraction of sp³-hybridized carbons (Fsp3) is 0.579. The molecular formula is C19H24N2O3. The summed E-state index contributed by atoms with van der Waals surface area (Å²) in [6, 6.07) is 8.87. The van der Waals surface area contributed by atoms with Crippen molar-refractivity contribution in [2.75, 3.05) is 26.3 Å². The summed E-state index contributed by atoms with van der Waals surface area (Å²) in [5.74, 6) is 0.214. The Morgan fingerprint density at radius 3 is 2.83 bits per heavy atom. The fourth-order valence-corrected chi connectivity index (χ4v) is 4.03. The average molecular weight is 328 g/mol. The van der Waals surface area contributed by atoms with Gasteiger partial charge in [0.05, 0.1) is 17.2 Å². The van der Waals surface area contributed by atoms with Crippen molar-refractivity contribution < 1.29 is 14.6 Å². The third-order valence-corrected chi connectivity index (χ3v) is 5.58. The maximum Gasteiger partial charge on any atom is 0.253 e. The third-order valence-electron chi connectivity index (χ3n) is 5.58. The standard InChI is InChI=1S/C19H24N2O3/c1-14-13-21(18(22)16-4-2-3-15(11-16)12-20)8-7-19(14,23)17-5-9-24-10-6-17/h2-4,11,14,17,23H,5-10,13H2,1H3/t14-,19+/m1/s1. The number of carbonyl (C=O) groups excluding carboxylic acids is 1. The second-order valence-electron chi connectivity index (χ2n) is 6.97. The molecule has 0 saturated carbocycles. The van der Waals surface area contributed by atoms with Crippen LogP contribution in [-0.2, 0) is 4.74 Å². The minimum atomic E-state index is -0.713. The Hall–Kier alpha value is -1.90. The van der Waals surface area contributed by atoms with Crippen LogP contribution in [0.2, 0.25) is 0 Å². The maximum atomic E-state index is 12.7. The lowest BCUT2D eigenvalue weighted by molar-refractivity contribution is -0.125. The minimum absolute atomic E-state index is 0.0254. The average Bonchev–Trinajstić information content (AvgIpc) is 2.64. The van der Waals surface area contributed by atoms with E-state index in [1.165, 1.54) is 0 Å². The summed E-state index contributed by atoms with van der Waals surface area (Å²) in [7, 11) is 0. The highest BCUT2D eigenvalue weighted by atomic mass is 16.5. The van der Waals surface area contributed by atoms with Gasteiger partial charge in [-0.15, -0.1) is 0 Å². The molecule has 2 heterocycles. The van der Waals surface area contributed by atoms with E-state index in [0.29, 0.717) is 43.9 Å². The summed E-state index contributed by atoms with van der Waals surface area (Å²) in [5, 5.41) is 20.2. The number of ether oxygens (including phenoxy) is 1. The van der Waals surface area contributed by atoms with Crippen LogP contribution < -0.4 is 0 Å². The third kappa shape index (κ3) is 3.17. The van der Waals surface area contributed by atoms with Crippen molar-refractivity contribution in [3.8, 4) is 6.07 Å². The van der Waals surface area contributed by atoms with Crippen LogP contribution in [0.3, 0.4) is 0 Å². The van der Waals surface area contributed by atoms with E-state index in [1.54, 1.807) is 29.2 Å². The lowest BCUT2D eigenvalue weighted by Crippen LogP contribution is -2.56. The molecule has 0 unspecified atom stereocenters. The van der Waals surface area contributed by atoms with Crippen molar-refractivity contribution in [2.24, 2.45) is 11.8 Å². The molecule has 0 aromatic heterocycles. The quantitative estimate of drug-likeness (QED) is 0.903. The van der Waals surface area contributed by atoms with Crippen molar-refractivity contribution in [1.29, 1.82) is 5.26 Å². The van der Waals surface area contributed by atoms with Gasteiger partial charge in [0.1, 0.15) is 0 Å². The van der Waals surface area contributed by atoms with Crippen LogP contribution in [0, 0.1) is 23.2 Å². The Bertz CT molecular complexity index is 648. The zero-order valence-electron chi connectivity index (χ0n) is 14.1. The van der Waals surface area contributed by atoms with Gasteiger partial charge in [0, 0.05) is 37.8 Å². The van der Waals surface area contributed by atoms with Gasteiger partial charge >= 0.3 is 0 Å². The van der Waals surface area contributed by atoms with E-state index in [0.717, 1.165) is 12.8 Å². The molecule has 1 amide bonds. The fourth-order valence-electron chi connectivity index (χ4n) is 4.03. The minimum Gasteiger partial charge on any atom is -0.389 e. The van der Waals surface area contributed by atoms with Crippen molar-refractivity contribution in [2.45, 2.75) is 31.8 Å². The van der Waals surface area contributed by atoms with Gasteiger partial charge in [-0.1, -0.05) is 13.0 Å². The van der Waals surface area contributed by atoms with Crippen LogP contribution in [0.25, 0.3) is 0 Å². The molecule has 2 aliphatic rings. The number of likely N-dealkylation sites (tertiary alicyclic amines) is 1. The van der Waals surface area contributed by atoms with Gasteiger partial charge in [-0.2, -0.15) is 5.26 Å². The number of nitrogens with zero attached hydrogens (tertiary/aromatic N) is 2. The smallest absolute Gasteiger partial charge is 0.253 e. The van der Waals surface area contributed by atoms with Crippen molar-refractivity contribution in [1.82, 2.24) is 4.90 Å². The molecule has 0 radical (unpaired) electrons. The van der Waals surface area contributed by atoms with E-state index in [2.05, 4.69) is 6.07 Å². The largest absolute Gasteiger partial charge is 0.389 e. The number of aliphatic hydroxyl groups is 1. The lowest BCUT2D eigenvalue weighted by atomic mass is 9.70. The van der Waals surface area contributed by atoms with Gasteiger partial charge in [-0.3, -0.25) is 4.79 Å². The number of nitriles is 1. The summed E-state index contributed by atoms with van der Waals surface area (Å²) in [4.78, 5) is 14.5. The maximum absolute atomic E-state index is 12.7. The molecule has 2 saturated heterocycles. The SMILES string of the molecule is C[C@@H]1CN(C(=O)c2cccc(C#N)c2)CC[C@@]1(O)C1CCOCC1. The molecule has 1 aromatic rings. The topological polar surface area (TPSA) is 73.6 Å². The second-order valence-corrected chi connectivity index (χ2v) is 6.97. The molecule has 0 bridgehead atoms. The highest BCUT2D eigenvalue weighted by Crippen LogP contribution is 2.39. The number of piperidine rings is 1. The summed E-state index contributed by atoms with van der Waals surface area (Å²) in [6.45, 7) is 4.55. The first-order valence-corrected chi connectivity index (χ1v) is 8.64. The Kier molecular flexibility index (Phi) is 4.88. The summed E-state index contributed by atoms with van der Waals surface area (Å²) < 4.78 is 5.41.